The van der Waals surface area contributed by atoms with E-state index in [0.29, 0.717) is 34.8 Å². The monoisotopic (exact) mass is 1170 g/mol. The van der Waals surface area contributed by atoms with Gasteiger partial charge in [-0.05, 0) is 111 Å². The molecule has 0 fully saturated rings. The van der Waals surface area contributed by atoms with E-state index < -0.39 is 0 Å². The summed E-state index contributed by atoms with van der Waals surface area (Å²) >= 11 is 0. The molecule has 74 heavy (non-hydrogen) atoms. The Bertz CT molecular complexity index is 2300. The van der Waals surface area contributed by atoms with E-state index in [1.165, 1.54) is 16.7 Å². The first-order valence-electron chi connectivity index (χ1n) is 24.6. The summed E-state index contributed by atoms with van der Waals surface area (Å²) in [5.41, 5.74) is 12.1. The van der Waals surface area contributed by atoms with Crippen molar-refractivity contribution in [3.8, 4) is 23.0 Å². The number of phenols is 4. The van der Waals surface area contributed by atoms with Gasteiger partial charge in [0.25, 0.3) is 0 Å². The predicted octanol–water partition coefficient (Wildman–Crippen LogP) is 16.5. The number of hydrogen-bond donors (Lipinski definition) is 4. The normalized spacial score (nSPS) is 11.9. The van der Waals surface area contributed by atoms with Gasteiger partial charge in [-0.15, -0.1) is 0 Å². The van der Waals surface area contributed by atoms with E-state index in [-0.39, 0.29) is 102 Å². The van der Waals surface area contributed by atoms with Crippen molar-refractivity contribution < 1.29 is 72.8 Å². The molecule has 0 heterocycles. The molecule has 4 N–H and O–H groups in total. The van der Waals surface area contributed by atoms with Gasteiger partial charge < -0.3 is 35.3 Å². The summed E-state index contributed by atoms with van der Waals surface area (Å²) in [7, 11) is 6.88. The SMILES string of the molecule is C.CN=Cc1c(C)cc(C(C)(C)C)cc1O.CN=Cc1cc(C(C)(C)C)cc(C(C)(C)C)c1O.CN=Cc1cc(CC(C)C)cc(C(C)(C)C)c1O.CN=Cc1cc(CC(C)C)cc(C(C)(C)C)c1O.[CH3-].[CH3-].[Zr].[Zr]. The van der Waals surface area contributed by atoms with Crippen molar-refractivity contribution >= 4 is 24.9 Å². The predicted molar refractivity (Wildman–Crippen MR) is 321 cm³/mol. The molecular formula is C64H104N4O4Zr2-2. The first-order valence-corrected chi connectivity index (χ1v) is 24.6. The topological polar surface area (TPSA) is 130 Å². The molecule has 0 aromatic heterocycles. The summed E-state index contributed by atoms with van der Waals surface area (Å²) in [6.45, 7) is 42.8. The number of phenolic OH excluding ortho intramolecular Hbond substituents is 4. The van der Waals surface area contributed by atoms with Crippen LogP contribution in [0.15, 0.2) is 68.5 Å². The first kappa shape index (κ1) is 79.4. The van der Waals surface area contributed by atoms with Crippen LogP contribution in [0.3, 0.4) is 0 Å². The summed E-state index contributed by atoms with van der Waals surface area (Å²) in [5, 5.41) is 40.9. The van der Waals surface area contributed by atoms with Crippen LogP contribution >= 0.6 is 0 Å². The zero-order chi connectivity index (χ0) is 53.6. The molecule has 0 saturated heterocycles. The van der Waals surface area contributed by atoms with Crippen LogP contribution in [0.5, 0.6) is 23.0 Å². The second kappa shape index (κ2) is 33.6. The van der Waals surface area contributed by atoms with Crippen molar-refractivity contribution in [1.29, 1.82) is 0 Å². The number of aryl methyl sites for hydroxylation is 1. The van der Waals surface area contributed by atoms with E-state index in [9.17, 15) is 20.4 Å². The number of benzene rings is 4. The minimum Gasteiger partial charge on any atom is -0.507 e. The van der Waals surface area contributed by atoms with Crippen molar-refractivity contribution in [3.63, 3.8) is 0 Å². The third kappa shape index (κ3) is 25.6. The van der Waals surface area contributed by atoms with Gasteiger partial charge in [0.1, 0.15) is 23.0 Å². The standard InChI is InChI=1S/3C16H25NO.C13H19NO.CH4.2CH3.2Zr/c1-15(2,3)12-8-11(10-17-7)14(18)13(9-12)16(4,5)6;2*1-11(2)7-12-8-13(10-17-6)15(18)14(9-12)16(3,4)5;1-9-6-10(13(2,3)4)7-12(15)11(9)8-14-5;;;;;/h8-10,18H,1-7H3;2*8-11,18H,7H2,1-6H3;6-8,15H,1-5H3;1H4;2*1H3;;/q;;;;;2*-1;;. The number of hydrogen-bond acceptors (Lipinski definition) is 8. The fraction of sp³-hybridized carbons (Fsp3) is 0.531. The largest absolute Gasteiger partial charge is 0.507 e. The molecular weight excluding hydrogens is 1070 g/mol. The van der Waals surface area contributed by atoms with Crippen molar-refractivity contribution in [2.75, 3.05) is 28.2 Å². The maximum Gasteiger partial charge on any atom is 0.128 e. The van der Waals surface area contributed by atoms with Crippen LogP contribution in [-0.4, -0.2) is 73.5 Å². The maximum absolute atomic E-state index is 10.4. The molecule has 0 aliphatic carbocycles. The number of rotatable bonds is 8. The van der Waals surface area contributed by atoms with Crippen molar-refractivity contribution in [2.45, 2.75) is 186 Å². The molecule has 8 nitrogen and oxygen atoms in total. The molecule has 4 aromatic rings. The van der Waals surface area contributed by atoms with Gasteiger partial charge in [-0.2, -0.15) is 0 Å². The van der Waals surface area contributed by atoms with Gasteiger partial charge in [-0.25, -0.2) is 0 Å². The maximum atomic E-state index is 10.4. The quantitative estimate of drug-likeness (QED) is 0.103. The van der Waals surface area contributed by atoms with Gasteiger partial charge >= 0.3 is 0 Å². The Morgan fingerprint density at radius 1 is 0.419 bits per heavy atom. The van der Waals surface area contributed by atoms with Gasteiger partial charge in [0.15, 0.2) is 0 Å². The molecule has 0 bridgehead atoms. The average molecular weight is 1180 g/mol. The number of nitrogens with zero attached hydrogens (tertiary/aromatic N) is 4. The molecule has 414 valence electrons. The molecule has 4 aromatic carbocycles. The molecule has 0 aliphatic heterocycles. The van der Waals surface area contributed by atoms with Crippen LogP contribution < -0.4 is 0 Å². The Morgan fingerprint density at radius 2 is 0.703 bits per heavy atom. The summed E-state index contributed by atoms with van der Waals surface area (Å²) < 4.78 is 0. The molecule has 0 unspecified atom stereocenters. The van der Waals surface area contributed by atoms with Crippen molar-refractivity contribution in [2.24, 2.45) is 31.8 Å². The van der Waals surface area contributed by atoms with Crippen LogP contribution in [0.25, 0.3) is 0 Å². The Labute approximate surface area is 492 Å². The van der Waals surface area contributed by atoms with Crippen molar-refractivity contribution in [1.82, 2.24) is 0 Å². The fourth-order valence-electron chi connectivity index (χ4n) is 7.64. The molecule has 4 rings (SSSR count). The number of aliphatic imine (C=N–C) groups is 4. The third-order valence-electron chi connectivity index (χ3n) is 11.4. The van der Waals surface area contributed by atoms with E-state index in [1.54, 1.807) is 53.0 Å². The third-order valence-corrected chi connectivity index (χ3v) is 11.4. The Morgan fingerprint density at radius 3 is 0.959 bits per heavy atom. The van der Waals surface area contributed by atoms with Gasteiger partial charge in [-0.3, -0.25) is 20.0 Å². The van der Waals surface area contributed by atoms with Crippen LogP contribution in [0.1, 0.15) is 206 Å². The van der Waals surface area contributed by atoms with E-state index in [1.807, 2.05) is 31.2 Å². The van der Waals surface area contributed by atoms with E-state index in [0.717, 1.165) is 62.9 Å². The van der Waals surface area contributed by atoms with E-state index in [2.05, 4.69) is 176 Å². The average Bonchev–Trinajstić information content (AvgIpc) is 3.18. The minimum absolute atomic E-state index is 0. The first-order chi connectivity index (χ1) is 31.4. The second-order valence-corrected chi connectivity index (χ2v) is 24.3. The summed E-state index contributed by atoms with van der Waals surface area (Å²) in [6.07, 6.45) is 8.92. The van der Waals surface area contributed by atoms with E-state index in [4.69, 9.17) is 0 Å². The summed E-state index contributed by atoms with van der Waals surface area (Å²) in [6, 6.07) is 16.4. The van der Waals surface area contributed by atoms with Gasteiger partial charge in [0.05, 0.1) is 0 Å². The molecule has 0 spiro atoms. The number of aromatic hydroxyl groups is 4. The Hall–Kier alpha value is -3.47. The van der Waals surface area contributed by atoms with Crippen molar-refractivity contribution in [3.05, 3.63) is 130 Å². The van der Waals surface area contributed by atoms with E-state index >= 15 is 0 Å². The van der Waals surface area contributed by atoms with Gasteiger partial charge in [0.2, 0.25) is 0 Å². The second-order valence-electron chi connectivity index (χ2n) is 24.3. The molecule has 0 saturated carbocycles. The molecule has 0 radical (unpaired) electrons. The summed E-state index contributed by atoms with van der Waals surface area (Å²) in [5.74, 6) is 2.59. The molecule has 0 aliphatic rings. The fourth-order valence-corrected chi connectivity index (χ4v) is 7.64. The zero-order valence-electron chi connectivity index (χ0n) is 50.6. The zero-order valence-corrected chi connectivity index (χ0v) is 55.5. The molecule has 0 atom stereocenters. The Balaban J connectivity index is -0.000000280. The minimum atomic E-state index is -0.0817. The van der Waals surface area contributed by atoms with Crippen LogP contribution in [0, 0.1) is 33.6 Å². The van der Waals surface area contributed by atoms with Crippen LogP contribution in [0.2, 0.25) is 0 Å². The van der Waals surface area contributed by atoms with Gasteiger partial charge in [-0.1, -0.05) is 163 Å². The smallest absolute Gasteiger partial charge is 0.128 e. The summed E-state index contributed by atoms with van der Waals surface area (Å²) in [4.78, 5) is 16.0. The Kier molecular flexibility index (Phi) is 36.1. The van der Waals surface area contributed by atoms with Gasteiger partial charge in [0, 0.05) is 144 Å². The molecule has 0 amide bonds. The van der Waals surface area contributed by atoms with Crippen LogP contribution in [-0.2, 0) is 92.3 Å². The van der Waals surface area contributed by atoms with Crippen LogP contribution in [0.4, 0.5) is 0 Å². The molecule has 10 heteroatoms.